The maximum Gasteiger partial charge on any atom is 0.329 e. The Balaban J connectivity index is 1.64. The van der Waals surface area contributed by atoms with Gasteiger partial charge < -0.3 is 16.4 Å². The second kappa shape index (κ2) is 6.34. The lowest BCUT2D eigenvalue weighted by Crippen LogP contribution is -2.41. The zero-order chi connectivity index (χ0) is 19.1. The number of aryl methyl sites for hydroxylation is 1. The molecule has 11 heteroatoms. The molecule has 1 amide bonds. The van der Waals surface area contributed by atoms with Crippen molar-refractivity contribution in [3.05, 3.63) is 40.9 Å². The van der Waals surface area contributed by atoms with Gasteiger partial charge in [0.15, 0.2) is 0 Å². The molecule has 0 spiro atoms. The highest BCUT2D eigenvalue weighted by molar-refractivity contribution is 5.80. The molecule has 11 nitrogen and oxygen atoms in total. The third-order valence-electron chi connectivity index (χ3n) is 5.02. The minimum atomic E-state index is -0.557. The third kappa shape index (κ3) is 3.07. The van der Waals surface area contributed by atoms with Gasteiger partial charge in [-0.1, -0.05) is 12.2 Å². The number of amides is 1. The molecule has 2 aromatic rings. The van der Waals surface area contributed by atoms with E-state index in [2.05, 4.69) is 25.7 Å². The number of nitrogens with one attached hydrogen (secondary N) is 2. The first-order valence-electron chi connectivity index (χ1n) is 8.43. The largest absolute Gasteiger partial charge is 0.369 e. The Bertz CT molecular complexity index is 939. The lowest BCUT2D eigenvalue weighted by Gasteiger charge is -2.26. The van der Waals surface area contributed by atoms with E-state index in [-0.39, 0.29) is 35.3 Å². The number of carbonyl (C=O) groups excluding carboxylic acids is 1. The van der Waals surface area contributed by atoms with Crippen molar-refractivity contribution in [2.75, 3.05) is 10.6 Å². The number of primary amides is 1. The molecule has 4 rings (SSSR count). The molecule has 0 radical (unpaired) electrons. The van der Waals surface area contributed by atoms with Crippen LogP contribution in [-0.4, -0.2) is 36.6 Å². The lowest BCUT2D eigenvalue weighted by molar-refractivity contribution is -0.384. The van der Waals surface area contributed by atoms with Gasteiger partial charge in [0, 0.05) is 19.3 Å². The van der Waals surface area contributed by atoms with Crippen LogP contribution in [0.3, 0.4) is 0 Å². The Morgan fingerprint density at radius 1 is 1.37 bits per heavy atom. The van der Waals surface area contributed by atoms with Crippen LogP contribution < -0.4 is 16.4 Å². The van der Waals surface area contributed by atoms with E-state index in [0.29, 0.717) is 5.69 Å². The van der Waals surface area contributed by atoms with E-state index < -0.39 is 16.7 Å². The molecule has 0 aliphatic heterocycles. The van der Waals surface area contributed by atoms with Crippen LogP contribution in [0.25, 0.3) is 0 Å². The smallest absolute Gasteiger partial charge is 0.329 e. The van der Waals surface area contributed by atoms with Crippen molar-refractivity contribution >= 4 is 29.0 Å². The first-order valence-corrected chi connectivity index (χ1v) is 8.43. The minimum absolute atomic E-state index is 0.0543. The van der Waals surface area contributed by atoms with Gasteiger partial charge >= 0.3 is 5.69 Å². The first kappa shape index (κ1) is 16.9. The van der Waals surface area contributed by atoms with E-state index >= 15 is 0 Å². The quantitative estimate of drug-likeness (QED) is 0.386. The van der Waals surface area contributed by atoms with E-state index in [1.54, 1.807) is 24.1 Å². The maximum atomic E-state index is 11.9. The van der Waals surface area contributed by atoms with Crippen LogP contribution in [-0.2, 0) is 11.8 Å². The fourth-order valence-electron chi connectivity index (χ4n) is 3.86. The van der Waals surface area contributed by atoms with Crippen molar-refractivity contribution in [3.63, 3.8) is 0 Å². The summed E-state index contributed by atoms with van der Waals surface area (Å²) < 4.78 is 1.60. The highest BCUT2D eigenvalue weighted by Gasteiger charge is 2.48. The van der Waals surface area contributed by atoms with Gasteiger partial charge in [0.1, 0.15) is 6.20 Å². The highest BCUT2D eigenvalue weighted by atomic mass is 16.6. The summed E-state index contributed by atoms with van der Waals surface area (Å²) in [6, 6.07) is -0.336. The Hall–Kier alpha value is -3.50. The molecule has 2 aliphatic rings. The third-order valence-corrected chi connectivity index (χ3v) is 5.02. The zero-order valence-electron chi connectivity index (χ0n) is 14.4. The number of aromatic nitrogens is 4. The molecule has 2 aromatic heterocycles. The molecule has 2 aliphatic carbocycles. The molecule has 4 unspecified atom stereocenters. The lowest BCUT2D eigenvalue weighted by atomic mass is 9.88. The molecule has 140 valence electrons. The van der Waals surface area contributed by atoms with Crippen LogP contribution in [0.15, 0.2) is 30.7 Å². The Kier molecular flexibility index (Phi) is 3.98. The summed E-state index contributed by atoms with van der Waals surface area (Å²) in [5.41, 5.74) is 5.95. The van der Waals surface area contributed by atoms with Crippen molar-refractivity contribution < 1.29 is 9.72 Å². The molecule has 1 saturated carbocycles. The fraction of sp³-hybridized carbons (Fsp3) is 0.375. The van der Waals surface area contributed by atoms with Gasteiger partial charge in [0.05, 0.1) is 22.7 Å². The Labute approximate surface area is 153 Å². The summed E-state index contributed by atoms with van der Waals surface area (Å²) in [6.07, 6.45) is 9.25. The van der Waals surface area contributed by atoms with E-state index in [1.807, 2.05) is 12.2 Å². The van der Waals surface area contributed by atoms with Gasteiger partial charge in [-0.05, 0) is 18.3 Å². The Morgan fingerprint density at radius 3 is 2.81 bits per heavy atom. The monoisotopic (exact) mass is 370 g/mol. The SMILES string of the molecule is Cn1cc(Nc2ncc([N+](=O)[O-])c(NC3C4C=CC(C4)C3C(N)=O)n2)cn1. The van der Waals surface area contributed by atoms with Gasteiger partial charge in [-0.3, -0.25) is 19.6 Å². The average Bonchev–Trinajstić information content (AvgIpc) is 3.31. The molecular weight excluding hydrogens is 352 g/mol. The van der Waals surface area contributed by atoms with Crippen molar-refractivity contribution in [2.45, 2.75) is 12.5 Å². The van der Waals surface area contributed by atoms with Crippen molar-refractivity contribution in [1.82, 2.24) is 19.7 Å². The number of nitrogens with two attached hydrogens (primary N) is 1. The van der Waals surface area contributed by atoms with Crippen LogP contribution in [0.5, 0.6) is 0 Å². The van der Waals surface area contributed by atoms with Crippen LogP contribution in [0.4, 0.5) is 23.1 Å². The number of anilines is 3. The summed E-state index contributed by atoms with van der Waals surface area (Å²) in [4.78, 5) is 31.0. The molecular formula is C16H18N8O3. The Morgan fingerprint density at radius 2 is 2.15 bits per heavy atom. The number of rotatable bonds is 6. The van der Waals surface area contributed by atoms with Crippen molar-refractivity contribution in [1.29, 1.82) is 0 Å². The van der Waals surface area contributed by atoms with Crippen molar-refractivity contribution in [3.8, 4) is 0 Å². The number of hydrogen-bond donors (Lipinski definition) is 3. The molecule has 1 fully saturated rings. The van der Waals surface area contributed by atoms with Crippen molar-refractivity contribution in [2.24, 2.45) is 30.5 Å². The number of hydrogen-bond acceptors (Lipinski definition) is 8. The number of carbonyl (C=O) groups is 1. The number of nitrogens with zero attached hydrogens (tertiary/aromatic N) is 5. The number of nitro groups is 1. The number of fused-ring (bicyclic) bond motifs is 2. The number of allylic oxidation sites excluding steroid dienone is 1. The molecule has 0 aromatic carbocycles. The van der Waals surface area contributed by atoms with Gasteiger partial charge in [-0.15, -0.1) is 0 Å². The predicted molar refractivity (Wildman–Crippen MR) is 96.0 cm³/mol. The summed E-state index contributed by atoms with van der Waals surface area (Å²) >= 11 is 0. The second-order valence-corrected chi connectivity index (χ2v) is 6.76. The van der Waals surface area contributed by atoms with Gasteiger partial charge in [-0.25, -0.2) is 4.98 Å². The molecule has 27 heavy (non-hydrogen) atoms. The summed E-state index contributed by atoms with van der Waals surface area (Å²) in [5, 5.41) is 21.5. The predicted octanol–water partition coefficient (Wildman–Crippen LogP) is 0.950. The van der Waals surface area contributed by atoms with E-state index in [9.17, 15) is 14.9 Å². The highest BCUT2D eigenvalue weighted by Crippen LogP contribution is 2.45. The zero-order valence-corrected chi connectivity index (χ0v) is 14.4. The van der Waals surface area contributed by atoms with Crippen LogP contribution >= 0.6 is 0 Å². The molecule has 4 N–H and O–H groups in total. The first-order chi connectivity index (χ1) is 12.9. The topological polar surface area (TPSA) is 154 Å². The standard InChI is InChI=1S/C16H18N8O3/c1-23-7-10(5-19-23)20-16-18-6-11(24(26)27)15(22-16)21-13-9-3-2-8(4-9)12(13)14(17)25/h2-3,5-9,12-13H,4H2,1H3,(H2,17,25)(H2,18,20,21,22). The fourth-order valence-corrected chi connectivity index (χ4v) is 3.86. The van der Waals surface area contributed by atoms with Gasteiger partial charge in [0.25, 0.3) is 0 Å². The maximum absolute atomic E-state index is 11.9. The minimum Gasteiger partial charge on any atom is -0.369 e. The summed E-state index contributed by atoms with van der Waals surface area (Å²) in [6.45, 7) is 0. The van der Waals surface area contributed by atoms with E-state index in [4.69, 9.17) is 5.73 Å². The van der Waals surface area contributed by atoms with Gasteiger partial charge in [-0.2, -0.15) is 10.1 Å². The molecule has 4 atom stereocenters. The second-order valence-electron chi connectivity index (χ2n) is 6.76. The van der Waals surface area contributed by atoms with Crippen LogP contribution in [0.2, 0.25) is 0 Å². The molecule has 2 bridgehead atoms. The normalized spacial score (nSPS) is 25.5. The van der Waals surface area contributed by atoms with Crippen LogP contribution in [0, 0.1) is 27.9 Å². The van der Waals surface area contributed by atoms with E-state index in [0.717, 1.165) is 12.6 Å². The van der Waals surface area contributed by atoms with E-state index in [1.165, 1.54) is 0 Å². The average molecular weight is 370 g/mol. The molecule has 2 heterocycles. The summed E-state index contributed by atoms with van der Waals surface area (Å²) in [7, 11) is 1.77. The van der Waals surface area contributed by atoms with Crippen LogP contribution in [0.1, 0.15) is 6.42 Å². The summed E-state index contributed by atoms with van der Waals surface area (Å²) in [5.74, 6) is -0.473. The van der Waals surface area contributed by atoms with Gasteiger partial charge in [0.2, 0.25) is 17.7 Å². The molecule has 0 saturated heterocycles.